The summed E-state index contributed by atoms with van der Waals surface area (Å²) in [6.45, 7) is 6.23. The summed E-state index contributed by atoms with van der Waals surface area (Å²) in [6.07, 6.45) is 1.10. The zero-order chi connectivity index (χ0) is 10.2. The number of nitrogens with one attached hydrogen (secondary N) is 1. The minimum atomic E-state index is -0.136. The summed E-state index contributed by atoms with van der Waals surface area (Å²) >= 11 is 0. The zero-order valence-corrected chi connectivity index (χ0v) is 8.73. The largest absolute Gasteiger partial charge is 0.313 e. The van der Waals surface area contributed by atoms with Gasteiger partial charge in [-0.1, -0.05) is 19.9 Å². The average molecular weight is 193 g/mol. The predicted octanol–water partition coefficient (Wildman–Crippen LogP) is 2.60. The van der Waals surface area contributed by atoms with Gasteiger partial charge in [0.25, 0.3) is 0 Å². The van der Waals surface area contributed by atoms with Gasteiger partial charge in [0.15, 0.2) is 0 Å². The molecule has 0 saturated carbocycles. The van der Waals surface area contributed by atoms with Crippen LogP contribution in [0, 0.1) is 5.82 Å². The molecule has 0 atom stereocenters. The third-order valence-electron chi connectivity index (χ3n) is 3.04. The van der Waals surface area contributed by atoms with Crippen molar-refractivity contribution in [3.05, 3.63) is 35.1 Å². The Bertz CT molecular complexity index is 344. The Hall–Kier alpha value is -0.890. The van der Waals surface area contributed by atoms with E-state index in [1.807, 2.05) is 6.07 Å². The fourth-order valence-electron chi connectivity index (χ4n) is 2.13. The van der Waals surface area contributed by atoms with Crippen LogP contribution in [0.25, 0.3) is 0 Å². The van der Waals surface area contributed by atoms with Gasteiger partial charge in [-0.3, -0.25) is 0 Å². The van der Waals surface area contributed by atoms with Crippen LogP contribution in [0.1, 0.15) is 31.4 Å². The number of rotatable bonds is 0. The van der Waals surface area contributed by atoms with Crippen LogP contribution in [0.4, 0.5) is 4.39 Å². The molecule has 2 rings (SSSR count). The molecule has 0 fully saturated rings. The van der Waals surface area contributed by atoms with Gasteiger partial charge in [-0.25, -0.2) is 4.39 Å². The van der Waals surface area contributed by atoms with Crippen molar-refractivity contribution in [3.63, 3.8) is 0 Å². The Morgan fingerprint density at radius 3 is 2.93 bits per heavy atom. The van der Waals surface area contributed by atoms with Crippen LogP contribution in [0.3, 0.4) is 0 Å². The van der Waals surface area contributed by atoms with Gasteiger partial charge < -0.3 is 5.32 Å². The first-order chi connectivity index (χ1) is 6.59. The van der Waals surface area contributed by atoms with Crippen molar-refractivity contribution in [3.8, 4) is 0 Å². The molecule has 1 nitrogen and oxygen atoms in total. The number of hydrogen-bond donors (Lipinski definition) is 1. The number of halogens is 1. The van der Waals surface area contributed by atoms with Gasteiger partial charge in [0, 0.05) is 6.54 Å². The molecular formula is C12H16FN. The molecule has 1 aromatic rings. The van der Waals surface area contributed by atoms with E-state index in [1.54, 1.807) is 12.1 Å². The highest BCUT2D eigenvalue weighted by Gasteiger charge is 2.25. The van der Waals surface area contributed by atoms with Crippen LogP contribution in [0.5, 0.6) is 0 Å². The summed E-state index contributed by atoms with van der Waals surface area (Å²) in [5.74, 6) is -0.136. The molecule has 0 radical (unpaired) electrons. The van der Waals surface area contributed by atoms with Gasteiger partial charge in [-0.15, -0.1) is 0 Å². The molecular weight excluding hydrogens is 177 g/mol. The maximum absolute atomic E-state index is 13.1. The molecule has 1 N–H and O–H groups in total. The van der Waals surface area contributed by atoms with E-state index in [9.17, 15) is 4.39 Å². The van der Waals surface area contributed by atoms with Crippen molar-refractivity contribution in [2.45, 2.75) is 32.2 Å². The van der Waals surface area contributed by atoms with Crippen molar-refractivity contribution in [1.29, 1.82) is 0 Å². The Labute approximate surface area is 84.3 Å². The summed E-state index contributed by atoms with van der Waals surface area (Å²) < 4.78 is 13.1. The summed E-state index contributed by atoms with van der Waals surface area (Å²) in [4.78, 5) is 0. The van der Waals surface area contributed by atoms with Gasteiger partial charge in [0.05, 0.1) is 0 Å². The molecule has 1 aromatic carbocycles. The van der Waals surface area contributed by atoms with E-state index in [1.165, 1.54) is 5.56 Å². The SMILES string of the molecule is CC1(C)CCNCc2cc(F)ccc21. The van der Waals surface area contributed by atoms with Gasteiger partial charge in [-0.05, 0) is 41.6 Å². The lowest BCUT2D eigenvalue weighted by Crippen LogP contribution is -2.20. The molecule has 0 amide bonds. The van der Waals surface area contributed by atoms with E-state index in [0.29, 0.717) is 0 Å². The first-order valence-corrected chi connectivity index (χ1v) is 5.09. The van der Waals surface area contributed by atoms with E-state index < -0.39 is 0 Å². The van der Waals surface area contributed by atoms with Gasteiger partial charge >= 0.3 is 0 Å². The minimum Gasteiger partial charge on any atom is -0.313 e. The molecule has 76 valence electrons. The summed E-state index contributed by atoms with van der Waals surface area (Å²) in [5, 5.41) is 3.32. The Morgan fingerprint density at radius 2 is 2.14 bits per heavy atom. The second-order valence-corrected chi connectivity index (χ2v) is 4.61. The zero-order valence-electron chi connectivity index (χ0n) is 8.73. The molecule has 1 aliphatic rings. The highest BCUT2D eigenvalue weighted by Crippen LogP contribution is 2.31. The maximum atomic E-state index is 13.1. The summed E-state index contributed by atoms with van der Waals surface area (Å²) in [7, 11) is 0. The molecule has 1 heterocycles. The normalized spacial score (nSPS) is 19.9. The number of hydrogen-bond acceptors (Lipinski definition) is 1. The van der Waals surface area contributed by atoms with E-state index >= 15 is 0 Å². The molecule has 0 spiro atoms. The minimum absolute atomic E-state index is 0.136. The predicted molar refractivity (Wildman–Crippen MR) is 55.7 cm³/mol. The van der Waals surface area contributed by atoms with Crippen LogP contribution >= 0.6 is 0 Å². The molecule has 0 saturated heterocycles. The van der Waals surface area contributed by atoms with E-state index in [-0.39, 0.29) is 11.2 Å². The summed E-state index contributed by atoms with van der Waals surface area (Å²) in [5.41, 5.74) is 2.54. The van der Waals surface area contributed by atoms with Crippen molar-refractivity contribution in [1.82, 2.24) is 5.32 Å². The monoisotopic (exact) mass is 193 g/mol. The standard InChI is InChI=1S/C12H16FN/c1-12(2)5-6-14-8-9-7-10(13)3-4-11(9)12/h3-4,7,14H,5-6,8H2,1-2H3. The Kier molecular flexibility index (Phi) is 2.31. The molecule has 0 aromatic heterocycles. The molecule has 1 aliphatic heterocycles. The topological polar surface area (TPSA) is 12.0 Å². The number of fused-ring (bicyclic) bond motifs is 1. The van der Waals surface area contributed by atoms with Crippen LogP contribution in [0.2, 0.25) is 0 Å². The first kappa shape index (κ1) is 9.66. The highest BCUT2D eigenvalue weighted by molar-refractivity contribution is 5.34. The smallest absolute Gasteiger partial charge is 0.123 e. The van der Waals surface area contributed by atoms with Crippen molar-refractivity contribution >= 4 is 0 Å². The van der Waals surface area contributed by atoms with Crippen LogP contribution in [0.15, 0.2) is 18.2 Å². The quantitative estimate of drug-likeness (QED) is 0.667. The van der Waals surface area contributed by atoms with Crippen molar-refractivity contribution < 1.29 is 4.39 Å². The van der Waals surface area contributed by atoms with Crippen LogP contribution < -0.4 is 5.32 Å². The third-order valence-corrected chi connectivity index (χ3v) is 3.04. The van der Waals surface area contributed by atoms with Gasteiger partial charge in [0.1, 0.15) is 5.82 Å². The molecule has 2 heteroatoms. The molecule has 0 unspecified atom stereocenters. The van der Waals surface area contributed by atoms with Crippen LogP contribution in [-0.2, 0) is 12.0 Å². The molecule has 0 bridgehead atoms. The maximum Gasteiger partial charge on any atom is 0.123 e. The highest BCUT2D eigenvalue weighted by atomic mass is 19.1. The van der Waals surface area contributed by atoms with Gasteiger partial charge in [0.2, 0.25) is 0 Å². The van der Waals surface area contributed by atoms with Crippen LogP contribution in [-0.4, -0.2) is 6.54 Å². The molecule has 0 aliphatic carbocycles. The average Bonchev–Trinajstić information content (AvgIpc) is 2.25. The Balaban J connectivity index is 2.50. The van der Waals surface area contributed by atoms with E-state index in [2.05, 4.69) is 19.2 Å². The first-order valence-electron chi connectivity index (χ1n) is 5.09. The number of benzene rings is 1. The third kappa shape index (κ3) is 1.67. The van der Waals surface area contributed by atoms with E-state index in [4.69, 9.17) is 0 Å². The van der Waals surface area contributed by atoms with Crippen molar-refractivity contribution in [2.24, 2.45) is 0 Å². The van der Waals surface area contributed by atoms with Gasteiger partial charge in [-0.2, -0.15) is 0 Å². The fourth-order valence-corrected chi connectivity index (χ4v) is 2.13. The fraction of sp³-hybridized carbons (Fsp3) is 0.500. The second kappa shape index (κ2) is 3.35. The summed E-state index contributed by atoms with van der Waals surface area (Å²) in [6, 6.07) is 5.14. The lowest BCUT2D eigenvalue weighted by Gasteiger charge is -2.24. The van der Waals surface area contributed by atoms with E-state index in [0.717, 1.165) is 25.1 Å². The lowest BCUT2D eigenvalue weighted by molar-refractivity contribution is 0.477. The second-order valence-electron chi connectivity index (χ2n) is 4.61. The molecule has 14 heavy (non-hydrogen) atoms. The Morgan fingerprint density at radius 1 is 1.36 bits per heavy atom. The van der Waals surface area contributed by atoms with Crippen molar-refractivity contribution in [2.75, 3.05) is 6.54 Å². The lowest BCUT2D eigenvalue weighted by atomic mass is 9.80.